The third-order valence-corrected chi connectivity index (χ3v) is 2.92. The molecular weight excluding hydrogens is 248 g/mol. The molecular formula is C9H10N2O5S. The van der Waals surface area contributed by atoms with Crippen molar-refractivity contribution >= 4 is 28.2 Å². The van der Waals surface area contributed by atoms with Crippen molar-refractivity contribution in [2.24, 2.45) is 0 Å². The molecule has 0 bridgehead atoms. The van der Waals surface area contributed by atoms with Crippen LogP contribution in [0.15, 0.2) is 11.4 Å². The molecule has 0 saturated heterocycles. The molecule has 7 nitrogen and oxygen atoms in total. The molecule has 1 heterocycles. The number of hydrogen-bond acceptors (Lipinski definition) is 5. The number of thiophene rings is 1. The van der Waals surface area contributed by atoms with Crippen LogP contribution in [0.2, 0.25) is 0 Å². The Morgan fingerprint density at radius 1 is 1.65 bits per heavy atom. The number of aliphatic carboxylic acids is 1. The molecule has 92 valence electrons. The number of nitro groups is 1. The normalized spacial score (nSPS) is 11.8. The number of carbonyl (C=O) groups excluding carboxylic acids is 1. The molecule has 1 aromatic rings. The van der Waals surface area contributed by atoms with Crippen LogP contribution in [0, 0.1) is 10.1 Å². The van der Waals surface area contributed by atoms with Gasteiger partial charge in [-0.2, -0.15) is 0 Å². The average Bonchev–Trinajstić information content (AvgIpc) is 2.74. The molecule has 1 atom stereocenters. The average molecular weight is 258 g/mol. The van der Waals surface area contributed by atoms with Gasteiger partial charge < -0.3 is 10.4 Å². The number of carboxylic acid groups (broad SMARTS) is 1. The van der Waals surface area contributed by atoms with Crippen LogP contribution in [0.25, 0.3) is 0 Å². The molecule has 8 heteroatoms. The fraction of sp³-hybridized carbons (Fsp3) is 0.333. The summed E-state index contributed by atoms with van der Waals surface area (Å²) in [7, 11) is 0. The highest BCUT2D eigenvalue weighted by atomic mass is 32.1. The Balaban J connectivity index is 2.75. The van der Waals surface area contributed by atoms with Gasteiger partial charge in [0.1, 0.15) is 6.04 Å². The SMILES string of the molecule is CC[C@@H](NC(=O)c1csc([N+](=O)[O-])c1)C(=O)O. The Morgan fingerprint density at radius 3 is 2.71 bits per heavy atom. The van der Waals surface area contributed by atoms with Gasteiger partial charge in [-0.1, -0.05) is 18.3 Å². The van der Waals surface area contributed by atoms with Crippen molar-refractivity contribution in [2.45, 2.75) is 19.4 Å². The first-order valence-electron chi connectivity index (χ1n) is 4.72. The van der Waals surface area contributed by atoms with E-state index in [1.807, 2.05) is 0 Å². The number of nitrogens with one attached hydrogen (secondary N) is 1. The summed E-state index contributed by atoms with van der Waals surface area (Å²) < 4.78 is 0. The Hall–Kier alpha value is -1.96. The van der Waals surface area contributed by atoms with Gasteiger partial charge in [-0.15, -0.1) is 0 Å². The summed E-state index contributed by atoms with van der Waals surface area (Å²) in [6.07, 6.45) is 0.243. The third kappa shape index (κ3) is 3.25. The summed E-state index contributed by atoms with van der Waals surface area (Å²) in [6, 6.07) is 0.135. The van der Waals surface area contributed by atoms with E-state index < -0.39 is 22.8 Å². The molecule has 1 amide bonds. The molecule has 0 aliphatic rings. The minimum absolute atomic E-state index is 0.0985. The Kier molecular flexibility index (Phi) is 4.16. The van der Waals surface area contributed by atoms with Gasteiger partial charge in [0, 0.05) is 11.4 Å². The second kappa shape index (κ2) is 5.39. The van der Waals surface area contributed by atoms with Crippen molar-refractivity contribution in [2.75, 3.05) is 0 Å². The zero-order valence-corrected chi connectivity index (χ0v) is 9.69. The molecule has 0 aliphatic heterocycles. The molecule has 0 aromatic carbocycles. The lowest BCUT2D eigenvalue weighted by Crippen LogP contribution is -2.40. The van der Waals surface area contributed by atoms with Gasteiger partial charge >= 0.3 is 11.0 Å². The standard InChI is InChI=1S/C9H10N2O5S/c1-2-6(9(13)14)10-8(12)5-3-7(11(15)16)17-4-5/h3-4,6H,2H2,1H3,(H,10,12)(H,13,14)/t6-/m1/s1. The Bertz CT molecular complexity index is 456. The monoisotopic (exact) mass is 258 g/mol. The lowest BCUT2D eigenvalue weighted by atomic mass is 10.2. The van der Waals surface area contributed by atoms with Gasteiger partial charge in [0.15, 0.2) is 0 Å². The van der Waals surface area contributed by atoms with Gasteiger partial charge in [0.25, 0.3) is 5.91 Å². The third-order valence-electron chi connectivity index (χ3n) is 2.04. The fourth-order valence-corrected chi connectivity index (χ4v) is 1.82. The highest BCUT2D eigenvalue weighted by Crippen LogP contribution is 2.22. The fourth-order valence-electron chi connectivity index (χ4n) is 1.12. The van der Waals surface area contributed by atoms with E-state index in [1.165, 1.54) is 5.38 Å². The van der Waals surface area contributed by atoms with Crippen LogP contribution in [0.1, 0.15) is 23.7 Å². The molecule has 0 saturated carbocycles. The molecule has 1 aromatic heterocycles. The van der Waals surface area contributed by atoms with Crippen molar-refractivity contribution < 1.29 is 19.6 Å². The van der Waals surface area contributed by atoms with Gasteiger partial charge in [-0.3, -0.25) is 14.9 Å². The topological polar surface area (TPSA) is 110 Å². The second-order valence-electron chi connectivity index (χ2n) is 3.20. The summed E-state index contributed by atoms with van der Waals surface area (Å²) >= 11 is 0.822. The first kappa shape index (κ1) is 13.1. The van der Waals surface area contributed by atoms with E-state index in [-0.39, 0.29) is 17.0 Å². The van der Waals surface area contributed by atoms with E-state index in [4.69, 9.17) is 5.11 Å². The number of hydrogen-bond donors (Lipinski definition) is 2. The molecule has 0 aliphatic carbocycles. The van der Waals surface area contributed by atoms with Crippen LogP contribution >= 0.6 is 11.3 Å². The number of carboxylic acids is 1. The first-order chi connectivity index (χ1) is 7.95. The summed E-state index contributed by atoms with van der Waals surface area (Å²) in [5, 5.41) is 22.6. The molecule has 1 rings (SSSR count). The molecule has 2 N–H and O–H groups in total. The predicted molar refractivity (Wildman–Crippen MR) is 60.2 cm³/mol. The maximum atomic E-state index is 11.6. The summed E-state index contributed by atoms with van der Waals surface area (Å²) in [5.74, 6) is -1.76. The van der Waals surface area contributed by atoms with Crippen molar-refractivity contribution in [3.8, 4) is 0 Å². The number of amides is 1. The summed E-state index contributed by atoms with van der Waals surface area (Å²) in [6.45, 7) is 1.62. The second-order valence-corrected chi connectivity index (χ2v) is 4.09. The van der Waals surface area contributed by atoms with Crippen molar-refractivity contribution in [3.63, 3.8) is 0 Å². The van der Waals surface area contributed by atoms with E-state index in [0.29, 0.717) is 0 Å². The van der Waals surface area contributed by atoms with E-state index >= 15 is 0 Å². The van der Waals surface area contributed by atoms with E-state index in [2.05, 4.69) is 5.32 Å². The van der Waals surface area contributed by atoms with Crippen molar-refractivity contribution in [3.05, 3.63) is 27.1 Å². The summed E-state index contributed by atoms with van der Waals surface area (Å²) in [4.78, 5) is 32.1. The van der Waals surface area contributed by atoms with E-state index in [9.17, 15) is 19.7 Å². The molecule has 0 fully saturated rings. The van der Waals surface area contributed by atoms with Crippen LogP contribution < -0.4 is 5.32 Å². The molecule has 0 radical (unpaired) electrons. The number of carbonyl (C=O) groups is 2. The molecule has 0 unspecified atom stereocenters. The molecule has 17 heavy (non-hydrogen) atoms. The largest absolute Gasteiger partial charge is 0.480 e. The lowest BCUT2D eigenvalue weighted by molar-refractivity contribution is -0.380. The maximum Gasteiger partial charge on any atom is 0.326 e. The predicted octanol–water partition coefficient (Wildman–Crippen LogP) is 1.25. The van der Waals surface area contributed by atoms with Crippen LogP contribution in [0.3, 0.4) is 0 Å². The highest BCUT2D eigenvalue weighted by molar-refractivity contribution is 7.13. The van der Waals surface area contributed by atoms with Gasteiger partial charge in [0.2, 0.25) is 0 Å². The minimum atomic E-state index is -1.13. The van der Waals surface area contributed by atoms with E-state index in [0.717, 1.165) is 17.4 Å². The summed E-state index contributed by atoms with van der Waals surface area (Å²) in [5.41, 5.74) is 0.0985. The van der Waals surface area contributed by atoms with Crippen molar-refractivity contribution in [1.82, 2.24) is 5.32 Å². The first-order valence-corrected chi connectivity index (χ1v) is 5.60. The van der Waals surface area contributed by atoms with Crippen LogP contribution in [0.5, 0.6) is 0 Å². The van der Waals surface area contributed by atoms with Crippen LogP contribution in [-0.2, 0) is 4.79 Å². The minimum Gasteiger partial charge on any atom is -0.480 e. The Labute approximate surface area is 100 Å². The van der Waals surface area contributed by atoms with Gasteiger partial charge in [-0.25, -0.2) is 4.79 Å². The maximum absolute atomic E-state index is 11.6. The zero-order valence-electron chi connectivity index (χ0n) is 8.87. The van der Waals surface area contributed by atoms with E-state index in [1.54, 1.807) is 6.92 Å². The lowest BCUT2D eigenvalue weighted by Gasteiger charge is -2.10. The highest BCUT2D eigenvalue weighted by Gasteiger charge is 2.20. The van der Waals surface area contributed by atoms with Crippen molar-refractivity contribution in [1.29, 1.82) is 0 Å². The Morgan fingerprint density at radius 2 is 2.29 bits per heavy atom. The van der Waals surface area contributed by atoms with Crippen LogP contribution in [-0.4, -0.2) is 27.9 Å². The smallest absolute Gasteiger partial charge is 0.326 e. The van der Waals surface area contributed by atoms with Crippen LogP contribution in [0.4, 0.5) is 5.00 Å². The zero-order chi connectivity index (χ0) is 13.0. The van der Waals surface area contributed by atoms with Gasteiger partial charge in [-0.05, 0) is 6.42 Å². The molecule has 0 spiro atoms. The number of nitrogens with zero attached hydrogens (tertiary/aromatic N) is 1. The quantitative estimate of drug-likeness (QED) is 0.610. The van der Waals surface area contributed by atoms with Gasteiger partial charge in [0.05, 0.1) is 10.5 Å². The number of rotatable bonds is 5.